The number of carbonyl (C=O) groups is 1. The van der Waals surface area contributed by atoms with E-state index >= 15 is 0 Å². The second-order valence-corrected chi connectivity index (χ2v) is 4.36. The van der Waals surface area contributed by atoms with Crippen molar-refractivity contribution >= 4 is 5.91 Å². The summed E-state index contributed by atoms with van der Waals surface area (Å²) in [4.78, 5) is 11.6. The summed E-state index contributed by atoms with van der Waals surface area (Å²) in [7, 11) is 0. The molecule has 0 bridgehead atoms. The normalized spacial score (nSPS) is 12.2. The Bertz CT molecular complexity index is 346. The first-order chi connectivity index (χ1) is 8.17. The van der Waals surface area contributed by atoms with Crippen molar-refractivity contribution in [2.45, 2.75) is 32.6 Å². The highest BCUT2D eigenvalue weighted by molar-refractivity contribution is 5.76. The topological polar surface area (TPSA) is 55.1 Å². The summed E-state index contributed by atoms with van der Waals surface area (Å²) in [6.07, 6.45) is 1.51. The van der Waals surface area contributed by atoms with Gasteiger partial charge in [0.1, 0.15) is 0 Å². The summed E-state index contributed by atoms with van der Waals surface area (Å²) in [6, 6.07) is 8.41. The Hall–Kier alpha value is -1.35. The Morgan fingerprint density at radius 2 is 2.00 bits per heavy atom. The summed E-state index contributed by atoms with van der Waals surface area (Å²) in [5.41, 5.74) is 7.84. The molecule has 0 aliphatic rings. The molecule has 0 heterocycles. The van der Waals surface area contributed by atoms with Crippen molar-refractivity contribution in [1.29, 1.82) is 0 Å². The van der Waals surface area contributed by atoms with Crippen molar-refractivity contribution in [3.63, 3.8) is 0 Å². The number of rotatable bonds is 6. The van der Waals surface area contributed by atoms with Gasteiger partial charge in [0.2, 0.25) is 5.91 Å². The lowest BCUT2D eigenvalue weighted by molar-refractivity contribution is -0.121. The number of carbonyl (C=O) groups excluding carboxylic acids is 1. The van der Waals surface area contributed by atoms with Crippen LogP contribution in [0.1, 0.15) is 36.8 Å². The number of aryl methyl sites for hydroxylation is 1. The van der Waals surface area contributed by atoms with Crippen LogP contribution in [0.3, 0.4) is 0 Å². The minimum atomic E-state index is 0.0860. The van der Waals surface area contributed by atoms with Gasteiger partial charge in [-0.1, -0.05) is 36.8 Å². The molecule has 1 unspecified atom stereocenters. The molecular formula is C14H22N2O. The van der Waals surface area contributed by atoms with Gasteiger partial charge in [-0.3, -0.25) is 4.79 Å². The highest BCUT2D eigenvalue weighted by atomic mass is 16.1. The minimum Gasteiger partial charge on any atom is -0.355 e. The zero-order valence-electron chi connectivity index (χ0n) is 10.7. The van der Waals surface area contributed by atoms with Gasteiger partial charge in [-0.05, 0) is 24.8 Å². The number of benzene rings is 1. The third kappa shape index (κ3) is 4.57. The predicted molar refractivity (Wildman–Crippen MR) is 70.9 cm³/mol. The first-order valence-electron chi connectivity index (χ1n) is 6.20. The van der Waals surface area contributed by atoms with Gasteiger partial charge in [-0.15, -0.1) is 0 Å². The second kappa shape index (κ2) is 7.07. The summed E-state index contributed by atoms with van der Waals surface area (Å²) in [5.74, 6) is 0.385. The smallest absolute Gasteiger partial charge is 0.220 e. The molecule has 0 saturated heterocycles. The lowest BCUT2D eigenvalue weighted by Crippen LogP contribution is -2.30. The molecule has 1 aromatic carbocycles. The number of hydrogen-bond acceptors (Lipinski definition) is 2. The molecule has 0 aliphatic heterocycles. The fourth-order valence-electron chi connectivity index (χ4n) is 1.84. The van der Waals surface area contributed by atoms with Crippen LogP contribution in [0.25, 0.3) is 0 Å². The fourth-order valence-corrected chi connectivity index (χ4v) is 1.84. The third-order valence-corrected chi connectivity index (χ3v) is 2.94. The van der Waals surface area contributed by atoms with E-state index in [1.54, 1.807) is 0 Å². The molecule has 17 heavy (non-hydrogen) atoms. The van der Waals surface area contributed by atoms with Crippen molar-refractivity contribution in [3.8, 4) is 0 Å². The first kappa shape index (κ1) is 13.7. The summed E-state index contributed by atoms with van der Waals surface area (Å²) in [5, 5.41) is 2.81. The Morgan fingerprint density at radius 1 is 1.35 bits per heavy atom. The van der Waals surface area contributed by atoms with Gasteiger partial charge in [0, 0.05) is 19.5 Å². The molecule has 1 amide bonds. The highest BCUT2D eigenvalue weighted by Gasteiger charge is 2.13. The second-order valence-electron chi connectivity index (χ2n) is 4.36. The van der Waals surface area contributed by atoms with E-state index in [2.05, 4.69) is 43.4 Å². The lowest BCUT2D eigenvalue weighted by Gasteiger charge is -2.15. The van der Waals surface area contributed by atoms with Gasteiger partial charge >= 0.3 is 0 Å². The van der Waals surface area contributed by atoms with E-state index < -0.39 is 0 Å². The van der Waals surface area contributed by atoms with E-state index in [1.165, 1.54) is 11.1 Å². The molecule has 0 radical (unpaired) electrons. The van der Waals surface area contributed by atoms with Gasteiger partial charge in [-0.25, -0.2) is 0 Å². The van der Waals surface area contributed by atoms with Crippen LogP contribution in [0.15, 0.2) is 24.3 Å². The van der Waals surface area contributed by atoms with Gasteiger partial charge in [0.25, 0.3) is 0 Å². The molecule has 3 heteroatoms. The van der Waals surface area contributed by atoms with Crippen molar-refractivity contribution in [2.24, 2.45) is 5.73 Å². The highest BCUT2D eigenvalue weighted by Crippen LogP contribution is 2.23. The molecule has 0 spiro atoms. The Balaban J connectivity index is 2.59. The zero-order valence-corrected chi connectivity index (χ0v) is 10.7. The maximum Gasteiger partial charge on any atom is 0.220 e. The lowest BCUT2D eigenvalue weighted by atomic mass is 9.92. The van der Waals surface area contributed by atoms with E-state index in [0.717, 1.165) is 6.42 Å². The van der Waals surface area contributed by atoms with Crippen molar-refractivity contribution in [2.75, 3.05) is 13.1 Å². The van der Waals surface area contributed by atoms with Gasteiger partial charge in [0.05, 0.1) is 0 Å². The van der Waals surface area contributed by atoms with E-state index in [1.807, 2.05) is 0 Å². The Morgan fingerprint density at radius 3 is 2.53 bits per heavy atom. The van der Waals surface area contributed by atoms with Crippen LogP contribution in [0.4, 0.5) is 0 Å². The zero-order chi connectivity index (χ0) is 12.7. The van der Waals surface area contributed by atoms with Crippen molar-refractivity contribution in [1.82, 2.24) is 5.32 Å². The minimum absolute atomic E-state index is 0.0860. The molecule has 1 aromatic rings. The number of nitrogens with two attached hydrogens (primary N) is 1. The van der Waals surface area contributed by atoms with Crippen LogP contribution in [0.2, 0.25) is 0 Å². The molecular weight excluding hydrogens is 212 g/mol. The molecule has 3 nitrogen and oxygen atoms in total. The third-order valence-electron chi connectivity index (χ3n) is 2.94. The average Bonchev–Trinajstić information content (AvgIpc) is 2.34. The van der Waals surface area contributed by atoms with Crippen LogP contribution in [-0.2, 0) is 4.79 Å². The number of hydrogen-bond donors (Lipinski definition) is 2. The average molecular weight is 234 g/mol. The van der Waals surface area contributed by atoms with Crippen molar-refractivity contribution in [3.05, 3.63) is 35.4 Å². The number of nitrogens with one attached hydrogen (secondary N) is 1. The first-order valence-corrected chi connectivity index (χ1v) is 6.20. The fraction of sp³-hybridized carbons (Fsp3) is 0.500. The molecule has 0 aromatic heterocycles. The largest absolute Gasteiger partial charge is 0.355 e. The molecule has 1 rings (SSSR count). The standard InChI is InChI=1S/C14H22N2O/c1-3-12(10-14(17)16-9-8-15)13-6-4-11(2)5-7-13/h4-7,12H,3,8-10,15H2,1-2H3,(H,16,17). The Labute approximate surface area is 103 Å². The maximum atomic E-state index is 11.6. The van der Waals surface area contributed by atoms with E-state index in [4.69, 9.17) is 5.73 Å². The van der Waals surface area contributed by atoms with Crippen molar-refractivity contribution < 1.29 is 4.79 Å². The van der Waals surface area contributed by atoms with Gasteiger partial charge in [0.15, 0.2) is 0 Å². The molecule has 0 aliphatic carbocycles. The summed E-state index contributed by atoms with van der Waals surface area (Å²) < 4.78 is 0. The molecule has 3 N–H and O–H groups in total. The quantitative estimate of drug-likeness (QED) is 0.790. The summed E-state index contributed by atoms with van der Waals surface area (Å²) >= 11 is 0. The Kier molecular flexibility index (Phi) is 5.70. The van der Waals surface area contributed by atoms with Crippen LogP contribution < -0.4 is 11.1 Å². The van der Waals surface area contributed by atoms with E-state index in [-0.39, 0.29) is 5.91 Å². The molecule has 1 atom stereocenters. The number of amides is 1. The SMILES string of the molecule is CCC(CC(=O)NCCN)c1ccc(C)cc1. The van der Waals surface area contributed by atoms with Gasteiger partial charge in [-0.2, -0.15) is 0 Å². The predicted octanol–water partition coefficient (Wildman–Crippen LogP) is 1.95. The molecule has 0 fully saturated rings. The van der Waals surface area contributed by atoms with Crippen LogP contribution in [0.5, 0.6) is 0 Å². The van der Waals surface area contributed by atoms with Crippen LogP contribution >= 0.6 is 0 Å². The summed E-state index contributed by atoms with van der Waals surface area (Å²) in [6.45, 7) is 5.23. The molecule has 0 saturated carbocycles. The van der Waals surface area contributed by atoms with Crippen LogP contribution in [-0.4, -0.2) is 19.0 Å². The maximum absolute atomic E-state index is 11.6. The van der Waals surface area contributed by atoms with E-state index in [0.29, 0.717) is 25.4 Å². The monoisotopic (exact) mass is 234 g/mol. The van der Waals surface area contributed by atoms with Crippen LogP contribution in [0, 0.1) is 6.92 Å². The van der Waals surface area contributed by atoms with Gasteiger partial charge < -0.3 is 11.1 Å². The molecule has 94 valence electrons. The van der Waals surface area contributed by atoms with E-state index in [9.17, 15) is 4.79 Å².